The number of rotatable bonds is 6. The highest BCUT2D eigenvalue weighted by Crippen LogP contribution is 2.30. The fourth-order valence-electron chi connectivity index (χ4n) is 3.26. The molecule has 7 heteroatoms. The van der Waals surface area contributed by atoms with Gasteiger partial charge in [0.05, 0.1) is 17.3 Å². The zero-order valence-corrected chi connectivity index (χ0v) is 14.6. The second kappa shape index (κ2) is 6.94. The summed E-state index contributed by atoms with van der Waals surface area (Å²) >= 11 is 0. The molecule has 1 amide bonds. The van der Waals surface area contributed by atoms with Crippen LogP contribution in [0, 0.1) is 0 Å². The third kappa shape index (κ3) is 3.79. The van der Waals surface area contributed by atoms with Crippen molar-refractivity contribution in [3.63, 3.8) is 0 Å². The maximum atomic E-state index is 12.5. The summed E-state index contributed by atoms with van der Waals surface area (Å²) in [6.07, 6.45) is 6.17. The summed E-state index contributed by atoms with van der Waals surface area (Å²) in [7, 11) is -3.18. The van der Waals surface area contributed by atoms with Crippen LogP contribution in [0.5, 0.6) is 0 Å². The zero-order chi connectivity index (χ0) is 17.2. The highest BCUT2D eigenvalue weighted by molar-refractivity contribution is 7.88. The molecule has 6 nitrogen and oxygen atoms in total. The monoisotopic (exact) mass is 349 g/mol. The number of carbonyl (C=O) groups excluding carboxylic acids is 1. The predicted octanol–water partition coefficient (Wildman–Crippen LogP) is 1.72. The first-order valence-corrected chi connectivity index (χ1v) is 10.2. The summed E-state index contributed by atoms with van der Waals surface area (Å²) in [6, 6.07) is 5.82. The molecule has 0 radical (unpaired) electrons. The number of carbonyl (C=O) groups is 1. The van der Waals surface area contributed by atoms with Crippen LogP contribution in [0.1, 0.15) is 40.9 Å². The topological polar surface area (TPSA) is 91.1 Å². The second-order valence-electron chi connectivity index (χ2n) is 6.29. The zero-order valence-electron chi connectivity index (χ0n) is 13.8. The van der Waals surface area contributed by atoms with E-state index < -0.39 is 10.0 Å². The van der Waals surface area contributed by atoms with E-state index in [0.29, 0.717) is 25.1 Å². The van der Waals surface area contributed by atoms with Crippen LogP contribution < -0.4 is 10.0 Å². The van der Waals surface area contributed by atoms with Gasteiger partial charge in [-0.25, -0.2) is 13.1 Å². The third-order valence-electron chi connectivity index (χ3n) is 4.38. The van der Waals surface area contributed by atoms with E-state index in [1.54, 1.807) is 0 Å². The molecular formula is C17H23N3O3S. The standard InChI is InChI=1S/C17H23N3O3S/c1-24(22,23)19-11-5-10-18-17(21)14-8-4-7-13-12-6-2-3-9-15(12)20-16(13)14/h4,7-8,19-20H,2-3,5-6,9-11H2,1H3,(H,18,21). The highest BCUT2D eigenvalue weighted by atomic mass is 32.2. The first-order chi connectivity index (χ1) is 11.5. The van der Waals surface area contributed by atoms with Crippen LogP contribution in [0.3, 0.4) is 0 Å². The lowest BCUT2D eigenvalue weighted by Gasteiger charge is -2.10. The van der Waals surface area contributed by atoms with Crippen molar-refractivity contribution >= 4 is 26.8 Å². The maximum Gasteiger partial charge on any atom is 0.253 e. The molecule has 0 saturated heterocycles. The van der Waals surface area contributed by atoms with E-state index in [0.717, 1.165) is 30.0 Å². The first-order valence-electron chi connectivity index (χ1n) is 8.31. The van der Waals surface area contributed by atoms with Crippen molar-refractivity contribution in [2.75, 3.05) is 19.3 Å². The first kappa shape index (κ1) is 17.0. The van der Waals surface area contributed by atoms with Crippen LogP contribution in [0.25, 0.3) is 10.9 Å². The lowest BCUT2D eigenvalue weighted by atomic mass is 9.95. The Morgan fingerprint density at radius 3 is 2.79 bits per heavy atom. The number of sulfonamides is 1. The molecule has 3 rings (SSSR count). The Kier molecular flexibility index (Phi) is 4.91. The van der Waals surface area contributed by atoms with Gasteiger partial charge in [0.2, 0.25) is 10.0 Å². The van der Waals surface area contributed by atoms with Gasteiger partial charge in [-0.15, -0.1) is 0 Å². The molecule has 0 saturated carbocycles. The number of para-hydroxylation sites is 1. The Balaban J connectivity index is 1.68. The van der Waals surface area contributed by atoms with Gasteiger partial charge in [0, 0.05) is 24.2 Å². The molecule has 1 heterocycles. The second-order valence-corrected chi connectivity index (χ2v) is 8.13. The third-order valence-corrected chi connectivity index (χ3v) is 5.11. The minimum Gasteiger partial charge on any atom is -0.358 e. The Hall–Kier alpha value is -1.86. The Morgan fingerprint density at radius 1 is 1.21 bits per heavy atom. The Morgan fingerprint density at radius 2 is 2.00 bits per heavy atom. The van der Waals surface area contributed by atoms with Crippen LogP contribution in [0.2, 0.25) is 0 Å². The highest BCUT2D eigenvalue weighted by Gasteiger charge is 2.19. The van der Waals surface area contributed by atoms with Crippen LogP contribution >= 0.6 is 0 Å². The van der Waals surface area contributed by atoms with Gasteiger partial charge in [-0.1, -0.05) is 12.1 Å². The van der Waals surface area contributed by atoms with Crippen LogP contribution in [-0.4, -0.2) is 38.7 Å². The normalized spacial score (nSPS) is 14.5. The largest absolute Gasteiger partial charge is 0.358 e. The SMILES string of the molecule is CS(=O)(=O)NCCCNC(=O)c1cccc2c3c([nH]c12)CCCC3. The lowest BCUT2D eigenvalue weighted by molar-refractivity contribution is 0.0955. The van der Waals surface area contributed by atoms with Gasteiger partial charge in [-0.05, 0) is 43.7 Å². The number of hydrogen-bond donors (Lipinski definition) is 3. The molecule has 0 fully saturated rings. The van der Waals surface area contributed by atoms with Gasteiger partial charge in [-0.2, -0.15) is 0 Å². The number of aromatic amines is 1. The molecule has 3 N–H and O–H groups in total. The smallest absolute Gasteiger partial charge is 0.253 e. The van der Waals surface area contributed by atoms with Crippen molar-refractivity contribution in [1.82, 2.24) is 15.0 Å². The van der Waals surface area contributed by atoms with Crippen molar-refractivity contribution in [3.05, 3.63) is 35.0 Å². The molecular weight excluding hydrogens is 326 g/mol. The quantitative estimate of drug-likeness (QED) is 0.694. The molecule has 0 spiro atoms. The van der Waals surface area contributed by atoms with E-state index >= 15 is 0 Å². The van der Waals surface area contributed by atoms with Gasteiger partial charge >= 0.3 is 0 Å². The van der Waals surface area contributed by atoms with E-state index in [-0.39, 0.29) is 5.91 Å². The summed E-state index contributed by atoms with van der Waals surface area (Å²) in [5, 5.41) is 4.01. The number of fused-ring (bicyclic) bond motifs is 3. The van der Waals surface area contributed by atoms with E-state index in [2.05, 4.69) is 21.1 Å². The van der Waals surface area contributed by atoms with Crippen LogP contribution in [0.4, 0.5) is 0 Å². The minimum atomic E-state index is -3.18. The number of amides is 1. The van der Waals surface area contributed by atoms with E-state index in [4.69, 9.17) is 0 Å². The van der Waals surface area contributed by atoms with Gasteiger partial charge in [-0.3, -0.25) is 4.79 Å². The van der Waals surface area contributed by atoms with Gasteiger partial charge in [0.15, 0.2) is 0 Å². The molecule has 1 aliphatic carbocycles. The number of aryl methyl sites for hydroxylation is 2. The number of H-pyrrole nitrogens is 1. The fourth-order valence-corrected chi connectivity index (χ4v) is 3.78. The van der Waals surface area contributed by atoms with E-state index in [1.807, 2.05) is 12.1 Å². The summed E-state index contributed by atoms with van der Waals surface area (Å²) < 4.78 is 24.4. The average molecular weight is 349 g/mol. The molecule has 2 aromatic rings. The Labute approximate surface area is 142 Å². The minimum absolute atomic E-state index is 0.126. The maximum absolute atomic E-state index is 12.5. The van der Waals surface area contributed by atoms with E-state index in [9.17, 15) is 13.2 Å². The molecule has 0 bridgehead atoms. The fraction of sp³-hybridized carbons (Fsp3) is 0.471. The van der Waals surface area contributed by atoms with Crippen molar-refractivity contribution in [2.24, 2.45) is 0 Å². The number of aromatic nitrogens is 1. The molecule has 0 aliphatic heterocycles. The summed E-state index contributed by atoms with van der Waals surface area (Å²) in [4.78, 5) is 15.9. The average Bonchev–Trinajstić information content (AvgIpc) is 2.92. The summed E-state index contributed by atoms with van der Waals surface area (Å²) in [5.74, 6) is -0.126. The van der Waals surface area contributed by atoms with Crippen molar-refractivity contribution < 1.29 is 13.2 Å². The lowest BCUT2D eigenvalue weighted by Crippen LogP contribution is -2.29. The summed E-state index contributed by atoms with van der Waals surface area (Å²) in [5.41, 5.74) is 4.17. The molecule has 0 atom stereocenters. The molecule has 24 heavy (non-hydrogen) atoms. The number of nitrogens with one attached hydrogen (secondary N) is 3. The predicted molar refractivity (Wildman–Crippen MR) is 94.7 cm³/mol. The molecule has 0 unspecified atom stereocenters. The number of hydrogen-bond acceptors (Lipinski definition) is 3. The van der Waals surface area contributed by atoms with Gasteiger partial charge in [0.1, 0.15) is 0 Å². The number of benzene rings is 1. The molecule has 1 aromatic heterocycles. The van der Waals surface area contributed by atoms with Crippen LogP contribution in [0.15, 0.2) is 18.2 Å². The molecule has 1 aliphatic rings. The van der Waals surface area contributed by atoms with Crippen molar-refractivity contribution in [3.8, 4) is 0 Å². The van der Waals surface area contributed by atoms with Crippen molar-refractivity contribution in [2.45, 2.75) is 32.1 Å². The van der Waals surface area contributed by atoms with Crippen molar-refractivity contribution in [1.29, 1.82) is 0 Å². The van der Waals surface area contributed by atoms with Gasteiger partial charge in [0.25, 0.3) is 5.91 Å². The summed E-state index contributed by atoms with van der Waals surface area (Å²) in [6.45, 7) is 0.748. The van der Waals surface area contributed by atoms with Crippen LogP contribution in [-0.2, 0) is 22.9 Å². The molecule has 130 valence electrons. The van der Waals surface area contributed by atoms with Gasteiger partial charge < -0.3 is 10.3 Å². The Bertz CT molecular complexity index is 855. The van der Waals surface area contributed by atoms with E-state index in [1.165, 1.54) is 24.1 Å². The molecule has 1 aromatic carbocycles.